The van der Waals surface area contributed by atoms with Gasteiger partial charge in [0.25, 0.3) is 0 Å². The lowest BCUT2D eigenvalue weighted by Crippen LogP contribution is -2.15. The SMILES string of the molecule is Cc1cc(C(N)CCC(N)=O)sc1Br. The maximum absolute atomic E-state index is 10.6. The van der Waals surface area contributed by atoms with Gasteiger partial charge in [0.15, 0.2) is 0 Å². The molecule has 4 N–H and O–H groups in total. The Morgan fingerprint density at radius 1 is 1.71 bits per heavy atom. The van der Waals surface area contributed by atoms with Gasteiger partial charge in [-0.25, -0.2) is 0 Å². The highest BCUT2D eigenvalue weighted by molar-refractivity contribution is 9.11. The number of rotatable bonds is 4. The van der Waals surface area contributed by atoms with Gasteiger partial charge in [0.05, 0.1) is 3.79 Å². The van der Waals surface area contributed by atoms with Crippen molar-refractivity contribution in [1.82, 2.24) is 0 Å². The number of halogens is 1. The molecule has 0 aliphatic carbocycles. The van der Waals surface area contributed by atoms with Crippen LogP contribution in [0.2, 0.25) is 0 Å². The van der Waals surface area contributed by atoms with Crippen LogP contribution >= 0.6 is 27.3 Å². The average Bonchev–Trinajstić information content (AvgIpc) is 2.43. The first kappa shape index (κ1) is 11.7. The van der Waals surface area contributed by atoms with Crippen LogP contribution in [0.5, 0.6) is 0 Å². The summed E-state index contributed by atoms with van der Waals surface area (Å²) in [7, 11) is 0. The van der Waals surface area contributed by atoms with Gasteiger partial charge < -0.3 is 11.5 Å². The molecule has 78 valence electrons. The van der Waals surface area contributed by atoms with Crippen molar-refractivity contribution in [2.75, 3.05) is 0 Å². The summed E-state index contributed by atoms with van der Waals surface area (Å²) < 4.78 is 1.10. The number of nitrogens with two attached hydrogens (primary N) is 2. The monoisotopic (exact) mass is 276 g/mol. The second kappa shape index (κ2) is 4.91. The van der Waals surface area contributed by atoms with Crippen LogP contribution in [0.15, 0.2) is 9.85 Å². The van der Waals surface area contributed by atoms with Crippen LogP contribution in [-0.2, 0) is 4.79 Å². The van der Waals surface area contributed by atoms with E-state index in [-0.39, 0.29) is 11.9 Å². The molecular formula is C9H13BrN2OS. The van der Waals surface area contributed by atoms with Gasteiger partial charge in [-0.2, -0.15) is 0 Å². The third kappa shape index (κ3) is 3.08. The summed E-state index contributed by atoms with van der Waals surface area (Å²) >= 11 is 5.05. The van der Waals surface area contributed by atoms with Crippen LogP contribution in [0.1, 0.15) is 29.3 Å². The van der Waals surface area contributed by atoms with E-state index in [1.165, 1.54) is 5.56 Å². The van der Waals surface area contributed by atoms with E-state index < -0.39 is 0 Å². The standard InChI is InChI=1S/C9H13BrN2OS/c1-5-4-7(14-9(5)10)6(11)2-3-8(12)13/h4,6H,2-3,11H2,1H3,(H2,12,13). The third-order valence-electron chi connectivity index (χ3n) is 1.94. The fourth-order valence-electron chi connectivity index (χ4n) is 1.11. The van der Waals surface area contributed by atoms with Crippen molar-refractivity contribution in [3.8, 4) is 0 Å². The Balaban J connectivity index is 2.60. The van der Waals surface area contributed by atoms with Crippen molar-refractivity contribution in [3.63, 3.8) is 0 Å². The van der Waals surface area contributed by atoms with Crippen molar-refractivity contribution in [2.24, 2.45) is 11.5 Å². The van der Waals surface area contributed by atoms with E-state index in [1.807, 2.05) is 13.0 Å². The van der Waals surface area contributed by atoms with Crippen LogP contribution in [0.3, 0.4) is 0 Å². The van der Waals surface area contributed by atoms with E-state index in [2.05, 4.69) is 15.9 Å². The zero-order valence-electron chi connectivity index (χ0n) is 7.92. The molecule has 0 aromatic carbocycles. The number of hydrogen-bond acceptors (Lipinski definition) is 3. The molecule has 0 saturated carbocycles. The van der Waals surface area contributed by atoms with Crippen LogP contribution in [0.25, 0.3) is 0 Å². The van der Waals surface area contributed by atoms with Gasteiger partial charge in [0, 0.05) is 17.3 Å². The van der Waals surface area contributed by atoms with Gasteiger partial charge in [0.1, 0.15) is 0 Å². The smallest absolute Gasteiger partial charge is 0.217 e. The Morgan fingerprint density at radius 2 is 2.36 bits per heavy atom. The molecule has 1 aromatic heterocycles. The Morgan fingerprint density at radius 3 is 2.79 bits per heavy atom. The van der Waals surface area contributed by atoms with Crippen LogP contribution < -0.4 is 11.5 Å². The second-order valence-corrected chi connectivity index (χ2v) is 5.62. The van der Waals surface area contributed by atoms with Crippen molar-refractivity contribution in [1.29, 1.82) is 0 Å². The molecule has 5 heteroatoms. The maximum atomic E-state index is 10.6. The Hall–Kier alpha value is -0.390. The van der Waals surface area contributed by atoms with E-state index in [0.29, 0.717) is 12.8 Å². The van der Waals surface area contributed by atoms with Crippen LogP contribution in [0.4, 0.5) is 0 Å². The fourth-order valence-corrected chi connectivity index (χ4v) is 2.71. The molecule has 1 amide bonds. The molecule has 0 aliphatic heterocycles. The summed E-state index contributed by atoms with van der Waals surface area (Å²) in [6.07, 6.45) is 0.956. The molecular weight excluding hydrogens is 264 g/mol. The van der Waals surface area contributed by atoms with Gasteiger partial charge in [-0.15, -0.1) is 11.3 Å². The number of amides is 1. The number of hydrogen-bond donors (Lipinski definition) is 2. The Labute approximate surface area is 95.6 Å². The predicted molar refractivity (Wildman–Crippen MR) is 62.1 cm³/mol. The number of thiophene rings is 1. The molecule has 1 heterocycles. The molecule has 0 saturated heterocycles. The van der Waals surface area contributed by atoms with E-state index in [1.54, 1.807) is 11.3 Å². The van der Waals surface area contributed by atoms with Crippen molar-refractivity contribution >= 4 is 33.2 Å². The molecule has 0 spiro atoms. The lowest BCUT2D eigenvalue weighted by molar-refractivity contribution is -0.118. The highest BCUT2D eigenvalue weighted by Crippen LogP contribution is 2.31. The minimum Gasteiger partial charge on any atom is -0.370 e. The summed E-state index contributed by atoms with van der Waals surface area (Å²) in [6, 6.07) is 1.96. The minimum atomic E-state index is -0.298. The average molecular weight is 277 g/mol. The Bertz CT molecular complexity index is 318. The van der Waals surface area contributed by atoms with Gasteiger partial charge in [-0.3, -0.25) is 4.79 Å². The lowest BCUT2D eigenvalue weighted by atomic mass is 10.1. The first-order valence-electron chi connectivity index (χ1n) is 4.30. The number of aryl methyl sites for hydroxylation is 1. The summed E-state index contributed by atoms with van der Waals surface area (Å²) in [4.78, 5) is 11.7. The van der Waals surface area contributed by atoms with Gasteiger partial charge >= 0.3 is 0 Å². The first-order valence-corrected chi connectivity index (χ1v) is 5.91. The molecule has 3 nitrogen and oxygen atoms in total. The summed E-state index contributed by atoms with van der Waals surface area (Å²) in [5, 5.41) is 0. The molecule has 14 heavy (non-hydrogen) atoms. The van der Waals surface area contributed by atoms with Crippen LogP contribution in [0, 0.1) is 6.92 Å². The molecule has 1 aromatic rings. The molecule has 0 aliphatic rings. The van der Waals surface area contributed by atoms with Gasteiger partial charge in [0.2, 0.25) is 5.91 Å². The molecule has 0 fully saturated rings. The highest BCUT2D eigenvalue weighted by atomic mass is 79.9. The fraction of sp³-hybridized carbons (Fsp3) is 0.444. The first-order chi connectivity index (χ1) is 6.50. The molecule has 1 atom stereocenters. The molecule has 0 radical (unpaired) electrons. The lowest BCUT2D eigenvalue weighted by Gasteiger charge is -2.06. The van der Waals surface area contributed by atoms with Gasteiger partial charge in [-0.1, -0.05) is 0 Å². The molecule has 1 rings (SSSR count). The zero-order chi connectivity index (χ0) is 10.7. The minimum absolute atomic E-state index is 0.0856. The predicted octanol–water partition coefficient (Wildman–Crippen LogP) is 2.08. The zero-order valence-corrected chi connectivity index (χ0v) is 10.3. The second-order valence-electron chi connectivity index (χ2n) is 3.22. The summed E-state index contributed by atoms with van der Waals surface area (Å²) in [5.74, 6) is -0.298. The van der Waals surface area contributed by atoms with Crippen molar-refractivity contribution in [3.05, 3.63) is 20.3 Å². The van der Waals surface area contributed by atoms with Crippen LogP contribution in [-0.4, -0.2) is 5.91 Å². The van der Waals surface area contributed by atoms with Gasteiger partial charge in [-0.05, 0) is 40.9 Å². The topological polar surface area (TPSA) is 69.1 Å². The third-order valence-corrected chi connectivity index (χ3v) is 4.21. The largest absolute Gasteiger partial charge is 0.370 e. The van der Waals surface area contributed by atoms with E-state index >= 15 is 0 Å². The quantitative estimate of drug-likeness (QED) is 0.884. The van der Waals surface area contributed by atoms with E-state index in [9.17, 15) is 4.79 Å². The molecule has 0 bridgehead atoms. The van der Waals surface area contributed by atoms with Crippen molar-refractivity contribution < 1.29 is 4.79 Å². The van der Waals surface area contributed by atoms with E-state index in [4.69, 9.17) is 11.5 Å². The Kier molecular flexibility index (Phi) is 4.10. The molecule has 1 unspecified atom stereocenters. The highest BCUT2D eigenvalue weighted by Gasteiger charge is 2.11. The number of carbonyl (C=O) groups excluding carboxylic acids is 1. The summed E-state index contributed by atoms with van der Waals surface area (Å²) in [5.41, 5.74) is 12.1. The summed E-state index contributed by atoms with van der Waals surface area (Å²) in [6.45, 7) is 2.02. The maximum Gasteiger partial charge on any atom is 0.217 e. The van der Waals surface area contributed by atoms with Crippen molar-refractivity contribution in [2.45, 2.75) is 25.8 Å². The van der Waals surface area contributed by atoms with E-state index in [0.717, 1.165) is 8.66 Å². The number of carbonyl (C=O) groups is 1. The number of primary amides is 1. The normalized spacial score (nSPS) is 12.8.